The Hall–Kier alpha value is -2.95. The van der Waals surface area contributed by atoms with Gasteiger partial charge in [-0.2, -0.15) is 0 Å². The van der Waals surface area contributed by atoms with Gasteiger partial charge in [-0.05, 0) is 17.5 Å². The lowest BCUT2D eigenvalue weighted by Gasteiger charge is -2.26. The summed E-state index contributed by atoms with van der Waals surface area (Å²) in [4.78, 5) is 33.4. The molecule has 0 bridgehead atoms. The number of aromatic amines is 1. The molecule has 5 nitrogen and oxygen atoms in total. The van der Waals surface area contributed by atoms with Crippen LogP contribution in [0.5, 0.6) is 0 Å². The van der Waals surface area contributed by atoms with E-state index >= 15 is 0 Å². The highest BCUT2D eigenvalue weighted by atomic mass is 16.2. The second kappa shape index (κ2) is 4.28. The van der Waals surface area contributed by atoms with Gasteiger partial charge in [0.25, 0.3) is 11.8 Å². The smallest absolute Gasteiger partial charge is 0.261 e. The Bertz CT molecular complexity index is 818. The molecule has 0 aliphatic carbocycles. The predicted molar refractivity (Wildman–Crippen MR) is 76.7 cm³/mol. The maximum absolute atomic E-state index is 12.6. The van der Waals surface area contributed by atoms with Gasteiger partial charge in [-0.25, -0.2) is 4.98 Å². The van der Waals surface area contributed by atoms with E-state index in [-0.39, 0.29) is 18.4 Å². The van der Waals surface area contributed by atoms with Crippen molar-refractivity contribution >= 4 is 22.6 Å². The molecule has 2 aromatic carbocycles. The van der Waals surface area contributed by atoms with Gasteiger partial charge in [-0.1, -0.05) is 24.3 Å². The highest BCUT2D eigenvalue weighted by Gasteiger charge is 2.32. The van der Waals surface area contributed by atoms with Crippen LogP contribution >= 0.6 is 0 Å². The minimum atomic E-state index is -0.277. The maximum atomic E-state index is 12.6. The molecule has 5 heteroatoms. The molecule has 3 aromatic rings. The molecule has 2 amide bonds. The topological polar surface area (TPSA) is 66.1 Å². The van der Waals surface area contributed by atoms with Crippen molar-refractivity contribution in [2.75, 3.05) is 0 Å². The van der Waals surface area contributed by atoms with E-state index in [1.807, 2.05) is 24.3 Å². The quantitative estimate of drug-likeness (QED) is 0.731. The number of carbonyl (C=O) groups is 2. The number of imidazole rings is 1. The lowest BCUT2D eigenvalue weighted by molar-refractivity contribution is 0.0594. The van der Waals surface area contributed by atoms with Crippen molar-refractivity contribution in [3.8, 4) is 0 Å². The van der Waals surface area contributed by atoms with Crippen LogP contribution < -0.4 is 0 Å². The molecule has 102 valence electrons. The fourth-order valence-electron chi connectivity index (χ4n) is 2.76. The van der Waals surface area contributed by atoms with Crippen molar-refractivity contribution in [1.82, 2.24) is 14.9 Å². The molecule has 1 aliphatic rings. The van der Waals surface area contributed by atoms with Gasteiger partial charge in [0.1, 0.15) is 5.82 Å². The van der Waals surface area contributed by atoms with E-state index in [0.717, 1.165) is 10.8 Å². The zero-order chi connectivity index (χ0) is 14.4. The van der Waals surface area contributed by atoms with Crippen LogP contribution in [0.25, 0.3) is 10.8 Å². The number of aromatic nitrogens is 2. The summed E-state index contributed by atoms with van der Waals surface area (Å²) in [6, 6.07) is 11.0. The molecule has 0 radical (unpaired) electrons. The van der Waals surface area contributed by atoms with E-state index in [2.05, 4.69) is 9.97 Å². The van der Waals surface area contributed by atoms with Crippen molar-refractivity contribution in [3.05, 3.63) is 65.7 Å². The first-order valence-corrected chi connectivity index (χ1v) is 6.62. The molecular weight excluding hydrogens is 266 g/mol. The molecule has 0 spiro atoms. The van der Waals surface area contributed by atoms with Crippen LogP contribution in [-0.2, 0) is 6.54 Å². The molecule has 0 fully saturated rings. The number of rotatable bonds is 2. The Kier molecular flexibility index (Phi) is 2.41. The van der Waals surface area contributed by atoms with Gasteiger partial charge in [-0.15, -0.1) is 0 Å². The molecule has 1 aromatic heterocycles. The van der Waals surface area contributed by atoms with E-state index in [0.29, 0.717) is 17.0 Å². The predicted octanol–water partition coefficient (Wildman–Crippen LogP) is 2.36. The Morgan fingerprint density at radius 1 is 1.00 bits per heavy atom. The first-order valence-electron chi connectivity index (χ1n) is 6.62. The van der Waals surface area contributed by atoms with Crippen molar-refractivity contribution in [2.24, 2.45) is 0 Å². The molecule has 21 heavy (non-hydrogen) atoms. The zero-order valence-electron chi connectivity index (χ0n) is 11.0. The number of hydrogen-bond donors (Lipinski definition) is 1. The standard InChI is InChI=1S/C16H11N3O2/c20-15-11-5-1-3-10-4-2-6-12(14(10)11)16(21)19(15)9-13-17-7-8-18-13/h1-8H,9H2,(H,17,18). The summed E-state index contributed by atoms with van der Waals surface area (Å²) in [7, 11) is 0. The summed E-state index contributed by atoms with van der Waals surface area (Å²) in [5, 5.41) is 1.65. The summed E-state index contributed by atoms with van der Waals surface area (Å²) < 4.78 is 0. The lowest BCUT2D eigenvalue weighted by atomic mass is 9.94. The highest BCUT2D eigenvalue weighted by Crippen LogP contribution is 2.30. The first-order chi connectivity index (χ1) is 10.3. The normalized spacial score (nSPS) is 14.0. The maximum Gasteiger partial charge on any atom is 0.261 e. The van der Waals surface area contributed by atoms with Crippen molar-refractivity contribution in [1.29, 1.82) is 0 Å². The Labute approximate surface area is 120 Å². The Balaban J connectivity index is 1.89. The number of carbonyl (C=O) groups excluding carboxylic acids is 2. The zero-order valence-corrected chi connectivity index (χ0v) is 11.0. The molecular formula is C16H11N3O2. The van der Waals surface area contributed by atoms with Crippen LogP contribution in [0.15, 0.2) is 48.8 Å². The fourth-order valence-corrected chi connectivity index (χ4v) is 2.76. The van der Waals surface area contributed by atoms with Crippen LogP contribution in [0.1, 0.15) is 26.5 Å². The minimum absolute atomic E-state index is 0.148. The average molecular weight is 277 g/mol. The van der Waals surface area contributed by atoms with E-state index in [1.165, 1.54) is 4.90 Å². The second-order valence-electron chi connectivity index (χ2n) is 4.94. The number of nitrogens with zero attached hydrogens (tertiary/aromatic N) is 2. The molecule has 1 N–H and O–H groups in total. The third-order valence-corrected chi connectivity index (χ3v) is 3.72. The van der Waals surface area contributed by atoms with Crippen LogP contribution in [-0.4, -0.2) is 26.7 Å². The summed E-state index contributed by atoms with van der Waals surface area (Å²) in [5.74, 6) is 0.0321. The summed E-state index contributed by atoms with van der Waals surface area (Å²) in [6.45, 7) is 0.148. The van der Waals surface area contributed by atoms with E-state index in [1.54, 1.807) is 24.5 Å². The summed E-state index contributed by atoms with van der Waals surface area (Å²) in [6.07, 6.45) is 3.27. The Morgan fingerprint density at radius 2 is 1.67 bits per heavy atom. The van der Waals surface area contributed by atoms with Gasteiger partial charge >= 0.3 is 0 Å². The van der Waals surface area contributed by atoms with E-state index < -0.39 is 0 Å². The van der Waals surface area contributed by atoms with E-state index in [9.17, 15) is 9.59 Å². The van der Waals surface area contributed by atoms with Gasteiger partial charge in [0.2, 0.25) is 0 Å². The molecule has 0 unspecified atom stereocenters. The second-order valence-corrected chi connectivity index (χ2v) is 4.94. The number of nitrogens with one attached hydrogen (secondary N) is 1. The molecule has 1 aliphatic heterocycles. The van der Waals surface area contributed by atoms with Crippen molar-refractivity contribution in [2.45, 2.75) is 6.54 Å². The summed E-state index contributed by atoms with van der Waals surface area (Å²) >= 11 is 0. The van der Waals surface area contributed by atoms with Gasteiger partial charge in [-0.3, -0.25) is 14.5 Å². The van der Waals surface area contributed by atoms with Gasteiger partial charge < -0.3 is 4.98 Å². The number of H-pyrrole nitrogens is 1. The molecule has 2 heterocycles. The monoisotopic (exact) mass is 277 g/mol. The number of imide groups is 1. The minimum Gasteiger partial charge on any atom is -0.347 e. The van der Waals surface area contributed by atoms with Crippen molar-refractivity contribution < 1.29 is 9.59 Å². The number of benzene rings is 2. The molecule has 0 saturated carbocycles. The Morgan fingerprint density at radius 3 is 2.24 bits per heavy atom. The van der Waals surface area contributed by atoms with Gasteiger partial charge in [0, 0.05) is 28.9 Å². The lowest BCUT2D eigenvalue weighted by Crippen LogP contribution is -2.39. The van der Waals surface area contributed by atoms with Crippen LogP contribution in [0.3, 0.4) is 0 Å². The van der Waals surface area contributed by atoms with Gasteiger partial charge in [0.05, 0.1) is 6.54 Å². The van der Waals surface area contributed by atoms with Crippen LogP contribution in [0.2, 0.25) is 0 Å². The van der Waals surface area contributed by atoms with Gasteiger partial charge in [0.15, 0.2) is 0 Å². The number of amides is 2. The molecule has 0 atom stereocenters. The molecule has 0 saturated heterocycles. The van der Waals surface area contributed by atoms with E-state index in [4.69, 9.17) is 0 Å². The average Bonchev–Trinajstić information content (AvgIpc) is 3.02. The fraction of sp³-hybridized carbons (Fsp3) is 0.0625. The van der Waals surface area contributed by atoms with Crippen LogP contribution in [0.4, 0.5) is 0 Å². The first kappa shape index (κ1) is 11.8. The highest BCUT2D eigenvalue weighted by molar-refractivity contribution is 6.25. The third kappa shape index (κ3) is 1.67. The largest absolute Gasteiger partial charge is 0.347 e. The van der Waals surface area contributed by atoms with Crippen LogP contribution in [0, 0.1) is 0 Å². The third-order valence-electron chi connectivity index (χ3n) is 3.72. The SMILES string of the molecule is O=C1c2cccc3cccc(c23)C(=O)N1Cc1ncc[nH]1. The summed E-state index contributed by atoms with van der Waals surface area (Å²) in [5.41, 5.74) is 1.13. The molecule has 4 rings (SSSR count). The van der Waals surface area contributed by atoms with Crippen molar-refractivity contribution in [3.63, 3.8) is 0 Å². The number of hydrogen-bond acceptors (Lipinski definition) is 3.